The summed E-state index contributed by atoms with van der Waals surface area (Å²) in [5.41, 5.74) is 1.25. The fraction of sp³-hybridized carbons (Fsp3) is 0.520. The van der Waals surface area contributed by atoms with Crippen molar-refractivity contribution < 1.29 is 5.11 Å². The fourth-order valence-electron chi connectivity index (χ4n) is 6.09. The van der Waals surface area contributed by atoms with Crippen LogP contribution in [0, 0.1) is 17.9 Å². The van der Waals surface area contributed by atoms with Crippen LogP contribution in [0.1, 0.15) is 52.0 Å². The van der Waals surface area contributed by atoms with Gasteiger partial charge in [-0.25, -0.2) is 21.2 Å². The van der Waals surface area contributed by atoms with Crippen molar-refractivity contribution in [1.82, 2.24) is 19.7 Å². The second-order valence-corrected chi connectivity index (χ2v) is 10.5. The van der Waals surface area contributed by atoms with Gasteiger partial charge in [0.05, 0.1) is 22.7 Å². The van der Waals surface area contributed by atoms with Crippen LogP contribution < -0.4 is 4.90 Å². The average molecular weight is 429 g/mol. The fourth-order valence-corrected chi connectivity index (χ4v) is 6.09. The van der Waals surface area contributed by atoms with Crippen LogP contribution in [0.3, 0.4) is 0 Å². The number of hydrogen-bond acceptors (Lipinski definition) is 5. The van der Waals surface area contributed by atoms with Gasteiger partial charge in [-0.3, -0.25) is 0 Å². The highest BCUT2D eigenvalue weighted by Gasteiger charge is 2.82. The van der Waals surface area contributed by atoms with Crippen molar-refractivity contribution in [2.45, 2.75) is 63.6 Å². The summed E-state index contributed by atoms with van der Waals surface area (Å²) >= 11 is 0. The van der Waals surface area contributed by atoms with E-state index in [1.807, 2.05) is 30.8 Å². The molecule has 0 amide bonds. The van der Waals surface area contributed by atoms with Crippen molar-refractivity contribution in [2.75, 3.05) is 11.4 Å². The quantitative estimate of drug-likeness (QED) is 0.634. The normalized spacial score (nSPS) is 28.3. The van der Waals surface area contributed by atoms with Gasteiger partial charge >= 0.3 is 0 Å². The summed E-state index contributed by atoms with van der Waals surface area (Å²) in [6, 6.07) is 8.48. The standard InChI is InChI=1S/C25H28N6O/c1-16-19(23(2,3)32)7-10-30(16)21-12-22(28-15-27-21)31-20-11-18(6-5-17(20)13-29-31)25(26-4)14-24(25)8-9-24/h5-6,11-13,15-16,19,32H,7-10,14H2,1-3H3/t16-,19-,25+/m1/s1. The number of benzene rings is 1. The van der Waals surface area contributed by atoms with E-state index in [4.69, 9.17) is 6.57 Å². The molecule has 1 saturated heterocycles. The Kier molecular flexibility index (Phi) is 3.87. The van der Waals surface area contributed by atoms with Crippen LogP contribution in [0.2, 0.25) is 0 Å². The first-order valence-corrected chi connectivity index (χ1v) is 11.5. The van der Waals surface area contributed by atoms with E-state index in [1.54, 1.807) is 6.33 Å². The van der Waals surface area contributed by atoms with Gasteiger partial charge in [-0.1, -0.05) is 12.1 Å². The topological polar surface area (TPSA) is 71.4 Å². The van der Waals surface area contributed by atoms with Crippen molar-refractivity contribution >= 4 is 16.7 Å². The lowest BCUT2D eigenvalue weighted by Gasteiger charge is -2.32. The van der Waals surface area contributed by atoms with Crippen LogP contribution in [0.4, 0.5) is 5.82 Å². The summed E-state index contributed by atoms with van der Waals surface area (Å²) < 4.78 is 1.86. The number of hydrogen-bond donors (Lipinski definition) is 1. The van der Waals surface area contributed by atoms with Gasteiger partial charge in [0.2, 0.25) is 0 Å². The molecule has 7 nitrogen and oxygen atoms in total. The predicted molar refractivity (Wildman–Crippen MR) is 122 cm³/mol. The second kappa shape index (κ2) is 6.29. The van der Waals surface area contributed by atoms with Crippen LogP contribution in [-0.4, -0.2) is 43.0 Å². The largest absolute Gasteiger partial charge is 0.390 e. The number of aromatic nitrogens is 4. The van der Waals surface area contributed by atoms with Crippen molar-refractivity contribution in [3.05, 3.63) is 53.8 Å². The molecule has 3 atom stereocenters. The summed E-state index contributed by atoms with van der Waals surface area (Å²) in [7, 11) is 0. The summed E-state index contributed by atoms with van der Waals surface area (Å²) in [6.45, 7) is 14.6. The molecule has 1 N–H and O–H groups in total. The summed E-state index contributed by atoms with van der Waals surface area (Å²) in [5.74, 6) is 1.76. The molecule has 0 radical (unpaired) electrons. The summed E-state index contributed by atoms with van der Waals surface area (Å²) in [5, 5.41) is 16.2. The Morgan fingerprint density at radius 3 is 2.62 bits per heavy atom. The van der Waals surface area contributed by atoms with E-state index >= 15 is 0 Å². The molecular formula is C25H28N6O. The van der Waals surface area contributed by atoms with E-state index in [-0.39, 0.29) is 22.9 Å². The van der Waals surface area contributed by atoms with Crippen LogP contribution >= 0.6 is 0 Å². The highest BCUT2D eigenvalue weighted by molar-refractivity contribution is 5.81. The molecule has 7 heteroatoms. The lowest BCUT2D eigenvalue weighted by Crippen LogP contribution is -2.40. The highest BCUT2D eigenvalue weighted by Crippen LogP contribution is 2.79. The minimum absolute atomic E-state index is 0.182. The molecule has 164 valence electrons. The highest BCUT2D eigenvalue weighted by atomic mass is 16.3. The molecule has 3 aromatic rings. The second-order valence-electron chi connectivity index (χ2n) is 10.5. The van der Waals surface area contributed by atoms with Gasteiger partial charge in [-0.15, -0.1) is 0 Å². The molecule has 2 aliphatic carbocycles. The molecule has 3 fully saturated rings. The van der Waals surface area contributed by atoms with E-state index in [0.29, 0.717) is 0 Å². The Bertz CT molecular complexity index is 1260. The zero-order valence-electron chi connectivity index (χ0n) is 18.8. The third kappa shape index (κ3) is 2.65. The zero-order chi connectivity index (χ0) is 22.3. The maximum Gasteiger partial charge on any atom is 0.264 e. The van der Waals surface area contributed by atoms with Crippen LogP contribution in [-0.2, 0) is 5.54 Å². The van der Waals surface area contributed by atoms with Crippen molar-refractivity contribution in [2.24, 2.45) is 11.3 Å². The first-order valence-electron chi connectivity index (χ1n) is 11.5. The summed E-state index contributed by atoms with van der Waals surface area (Å²) in [4.78, 5) is 15.4. The Morgan fingerprint density at radius 1 is 1.19 bits per heavy atom. The zero-order valence-corrected chi connectivity index (χ0v) is 18.8. The molecule has 3 aliphatic rings. The SMILES string of the molecule is [C-]#[N+][C@]1(c2ccc3cnn(-c4cc(N5CC[C@@H](C(C)(C)O)[C@H]5C)ncn4)c3c2)CC12CC2. The minimum atomic E-state index is -0.723. The van der Waals surface area contributed by atoms with Crippen molar-refractivity contribution in [3.8, 4) is 5.82 Å². The first-order chi connectivity index (χ1) is 15.3. The van der Waals surface area contributed by atoms with Gasteiger partial charge in [0.1, 0.15) is 12.1 Å². The lowest BCUT2D eigenvalue weighted by molar-refractivity contribution is 0.0156. The smallest absolute Gasteiger partial charge is 0.264 e. The average Bonchev–Trinajstić information content (AvgIpc) is 3.57. The molecule has 1 aliphatic heterocycles. The van der Waals surface area contributed by atoms with E-state index in [2.05, 4.69) is 49.9 Å². The number of nitrogens with zero attached hydrogens (tertiary/aromatic N) is 6. The van der Waals surface area contributed by atoms with Gasteiger partial charge in [-0.05, 0) is 46.1 Å². The Hall–Kier alpha value is -2.98. The lowest BCUT2D eigenvalue weighted by atomic mass is 9.85. The number of rotatable bonds is 4. The molecule has 0 unspecified atom stereocenters. The number of fused-ring (bicyclic) bond motifs is 1. The van der Waals surface area contributed by atoms with E-state index in [1.165, 1.54) is 12.8 Å². The molecule has 0 bridgehead atoms. The van der Waals surface area contributed by atoms with Crippen LogP contribution in [0.25, 0.3) is 21.6 Å². The minimum Gasteiger partial charge on any atom is -0.390 e. The molecule has 2 aromatic heterocycles. The van der Waals surface area contributed by atoms with Crippen LogP contribution in [0.15, 0.2) is 36.8 Å². The van der Waals surface area contributed by atoms with Gasteiger partial charge < -0.3 is 14.9 Å². The molecule has 1 aromatic carbocycles. The third-order valence-electron chi connectivity index (χ3n) is 8.25. The summed E-state index contributed by atoms with van der Waals surface area (Å²) in [6.07, 6.45) is 7.69. The predicted octanol–water partition coefficient (Wildman–Crippen LogP) is 4.10. The van der Waals surface area contributed by atoms with Gasteiger partial charge in [0.15, 0.2) is 5.82 Å². The van der Waals surface area contributed by atoms with E-state index in [0.717, 1.165) is 47.5 Å². The van der Waals surface area contributed by atoms with Crippen molar-refractivity contribution in [1.29, 1.82) is 0 Å². The molecule has 6 rings (SSSR count). The Labute approximate surface area is 187 Å². The van der Waals surface area contributed by atoms with Gasteiger partial charge in [0, 0.05) is 41.9 Å². The molecular weight excluding hydrogens is 400 g/mol. The maximum absolute atomic E-state index is 10.5. The van der Waals surface area contributed by atoms with E-state index in [9.17, 15) is 5.11 Å². The van der Waals surface area contributed by atoms with Gasteiger partial charge in [-0.2, -0.15) is 5.10 Å². The monoisotopic (exact) mass is 428 g/mol. The number of anilines is 1. The Balaban J connectivity index is 1.37. The molecule has 1 spiro atoms. The van der Waals surface area contributed by atoms with E-state index < -0.39 is 5.60 Å². The maximum atomic E-state index is 10.5. The van der Waals surface area contributed by atoms with Crippen molar-refractivity contribution in [3.63, 3.8) is 0 Å². The molecule has 32 heavy (non-hydrogen) atoms. The Morgan fingerprint density at radius 2 is 1.97 bits per heavy atom. The first kappa shape index (κ1) is 19.7. The number of aliphatic hydroxyl groups is 1. The van der Waals surface area contributed by atoms with Crippen LogP contribution in [0.5, 0.6) is 0 Å². The molecule has 2 saturated carbocycles. The molecule has 3 heterocycles. The third-order valence-corrected chi connectivity index (χ3v) is 8.25. The van der Waals surface area contributed by atoms with Gasteiger partial charge in [0.25, 0.3) is 5.54 Å².